The first-order valence-electron chi connectivity index (χ1n) is 6.12. The molecule has 0 saturated heterocycles. The van der Waals surface area contributed by atoms with Crippen molar-refractivity contribution in [3.8, 4) is 5.75 Å². The van der Waals surface area contributed by atoms with Crippen LogP contribution in [0.25, 0.3) is 5.70 Å². The molecule has 117 valence electrons. The van der Waals surface area contributed by atoms with E-state index in [1.54, 1.807) is 18.2 Å². The number of methoxy groups -OCH3 is 1. The molecule has 0 N–H and O–H groups in total. The third-order valence-corrected chi connectivity index (χ3v) is 4.29. The Balaban J connectivity index is 0.00000242. The van der Waals surface area contributed by atoms with Gasteiger partial charge in [-0.3, -0.25) is 4.79 Å². The Labute approximate surface area is 171 Å². The van der Waals surface area contributed by atoms with E-state index in [-0.39, 0.29) is 42.5 Å². The zero-order chi connectivity index (χ0) is 15.6. The number of benzene rings is 1. The summed E-state index contributed by atoms with van der Waals surface area (Å²) in [6, 6.07) is 4.88. The molecule has 1 atom stereocenters. The molecule has 8 heteroatoms. The van der Waals surface area contributed by atoms with Crippen LogP contribution in [-0.4, -0.2) is 34.8 Å². The number of carbonyl (C=O) groups is 1. The number of amides is 1. The number of alkyl halides is 3. The van der Waals surface area contributed by atoms with Crippen LogP contribution in [0.4, 0.5) is 8.78 Å². The molecule has 2 rings (SSSR count). The van der Waals surface area contributed by atoms with Gasteiger partial charge in [0.15, 0.2) is 0 Å². The smallest absolute Gasteiger partial charge is 0.256 e. The first kappa shape index (κ1) is 20.3. The van der Waals surface area contributed by atoms with Crippen LogP contribution in [0.5, 0.6) is 5.75 Å². The maximum atomic E-state index is 12.7. The summed E-state index contributed by atoms with van der Waals surface area (Å²) in [4.78, 5) is 13.2. The van der Waals surface area contributed by atoms with Gasteiger partial charge in [0.1, 0.15) is 5.75 Å². The molecule has 1 aromatic rings. The van der Waals surface area contributed by atoms with Crippen LogP contribution in [0.2, 0.25) is 5.02 Å². The van der Waals surface area contributed by atoms with Crippen molar-refractivity contribution < 1.29 is 51.0 Å². The Morgan fingerprint density at radius 2 is 2.23 bits per heavy atom. The molecule has 1 amide bonds. The van der Waals surface area contributed by atoms with E-state index in [1.165, 1.54) is 7.11 Å². The van der Waals surface area contributed by atoms with Gasteiger partial charge in [0, 0.05) is 32.7 Å². The summed E-state index contributed by atoms with van der Waals surface area (Å²) in [7, 11) is 1.50. The van der Waals surface area contributed by atoms with Crippen LogP contribution >= 0.6 is 34.2 Å². The summed E-state index contributed by atoms with van der Waals surface area (Å²) in [6.07, 6.45) is 0.756. The Hall–Kier alpha value is 0.214. The molecule has 0 fully saturated rings. The van der Waals surface area contributed by atoms with E-state index in [0.717, 1.165) is 4.90 Å². The molecular weight excluding hydrogens is 503 g/mol. The Kier molecular flexibility index (Phi) is 8.19. The number of halogens is 4. The number of hydrogen-bond donors (Lipinski definition) is 0. The maximum absolute atomic E-state index is 12.7. The minimum Gasteiger partial charge on any atom is -0.497 e. The molecule has 0 saturated carbocycles. The second-order valence-corrected chi connectivity index (χ2v) is 6.29. The van der Waals surface area contributed by atoms with E-state index in [1.807, 2.05) is 22.6 Å². The molecule has 1 aromatic carbocycles. The summed E-state index contributed by atoms with van der Waals surface area (Å²) >= 11 is 8.09. The monoisotopic (exact) mass is 515 g/mol. The van der Waals surface area contributed by atoms with Gasteiger partial charge in [-0.15, -0.1) is 28.9 Å². The van der Waals surface area contributed by atoms with Gasteiger partial charge in [-0.05, 0) is 17.2 Å². The number of rotatable bonds is 4. The summed E-state index contributed by atoms with van der Waals surface area (Å²) in [5, 5.41) is 0.329. The van der Waals surface area contributed by atoms with Crippen LogP contribution in [0, 0.1) is 6.08 Å². The summed E-state index contributed by atoms with van der Waals surface area (Å²) in [5.74, 6) is 0.204. The van der Waals surface area contributed by atoms with Crippen LogP contribution in [0.1, 0.15) is 12.0 Å². The Morgan fingerprint density at radius 3 is 2.77 bits per heavy atom. The maximum Gasteiger partial charge on any atom is 0.256 e. The van der Waals surface area contributed by atoms with Crippen molar-refractivity contribution >= 4 is 45.8 Å². The SMILES string of the molecule is COc1ccc(C2=[C-]CC(I)C(=O)N2CC(F)F)c(Cl)c1.[Y]. The molecule has 1 heterocycles. The van der Waals surface area contributed by atoms with E-state index < -0.39 is 13.0 Å². The van der Waals surface area contributed by atoms with Crippen LogP contribution in [0.3, 0.4) is 0 Å². The Bertz CT molecular complexity index is 586. The minimum atomic E-state index is -2.62. The van der Waals surface area contributed by atoms with Crippen LogP contribution in [0.15, 0.2) is 18.2 Å². The van der Waals surface area contributed by atoms with Gasteiger partial charge in [-0.1, -0.05) is 29.0 Å². The molecule has 0 aromatic heterocycles. The molecule has 0 bridgehead atoms. The number of hydrogen-bond acceptors (Lipinski definition) is 2. The standard InChI is InChI=1S/C14H12ClF2INO2.Y/c1-21-8-2-3-9(10(15)6-8)12-5-4-11(18)14(20)19(12)7-13(16)17;/h2-3,6,11,13H,4,7H2,1H3;/q-1;. The fraction of sp³-hybridized carbons (Fsp3) is 0.357. The van der Waals surface area contributed by atoms with Gasteiger partial charge in [-0.2, -0.15) is 0 Å². The average molecular weight is 516 g/mol. The second kappa shape index (κ2) is 8.90. The van der Waals surface area contributed by atoms with Crippen molar-refractivity contribution in [3.63, 3.8) is 0 Å². The van der Waals surface area contributed by atoms with E-state index in [9.17, 15) is 13.6 Å². The van der Waals surface area contributed by atoms with E-state index in [4.69, 9.17) is 16.3 Å². The summed E-state index contributed by atoms with van der Waals surface area (Å²) in [5.41, 5.74) is 0.802. The average Bonchev–Trinajstić information content (AvgIpc) is 2.44. The zero-order valence-corrected chi connectivity index (χ0v) is 17.4. The van der Waals surface area contributed by atoms with Gasteiger partial charge >= 0.3 is 0 Å². The van der Waals surface area contributed by atoms with Gasteiger partial charge in [0.2, 0.25) is 5.91 Å². The van der Waals surface area contributed by atoms with Crippen molar-refractivity contribution in [2.45, 2.75) is 16.8 Å². The van der Waals surface area contributed by atoms with E-state index in [0.29, 0.717) is 28.5 Å². The van der Waals surface area contributed by atoms with Crippen LogP contribution in [-0.2, 0) is 37.5 Å². The summed E-state index contributed by atoms with van der Waals surface area (Å²) < 4.78 is 30.1. The largest absolute Gasteiger partial charge is 0.497 e. The fourth-order valence-corrected chi connectivity index (χ4v) is 2.84. The van der Waals surface area contributed by atoms with Crippen molar-refractivity contribution in [3.05, 3.63) is 34.9 Å². The predicted octanol–water partition coefficient (Wildman–Crippen LogP) is 3.79. The third kappa shape index (κ3) is 4.61. The number of allylic oxidation sites excluding steroid dienone is 1. The second-order valence-electron chi connectivity index (χ2n) is 4.38. The number of carbonyl (C=O) groups excluding carboxylic acids is 1. The van der Waals surface area contributed by atoms with Crippen LogP contribution < -0.4 is 4.74 Å². The van der Waals surface area contributed by atoms with E-state index in [2.05, 4.69) is 6.08 Å². The molecular formula is C14H12ClF2INO2Y-. The van der Waals surface area contributed by atoms with Gasteiger partial charge in [-0.25, -0.2) is 14.9 Å². The van der Waals surface area contributed by atoms with Crippen molar-refractivity contribution in [2.75, 3.05) is 13.7 Å². The first-order chi connectivity index (χ1) is 9.93. The van der Waals surface area contributed by atoms with Crippen molar-refractivity contribution in [1.29, 1.82) is 0 Å². The van der Waals surface area contributed by atoms with Crippen molar-refractivity contribution in [2.24, 2.45) is 0 Å². The normalized spacial score (nSPS) is 18.1. The van der Waals surface area contributed by atoms with Gasteiger partial charge in [0.05, 0.1) is 17.6 Å². The van der Waals surface area contributed by atoms with E-state index >= 15 is 0 Å². The molecule has 0 spiro atoms. The third-order valence-electron chi connectivity index (χ3n) is 3.00. The quantitative estimate of drug-likeness (QED) is 0.347. The first-order valence-corrected chi connectivity index (χ1v) is 7.74. The number of ether oxygens (including phenoxy) is 1. The molecule has 0 aliphatic carbocycles. The number of nitrogens with zero attached hydrogens (tertiary/aromatic N) is 1. The molecule has 1 aliphatic heterocycles. The molecule has 3 nitrogen and oxygen atoms in total. The summed E-state index contributed by atoms with van der Waals surface area (Å²) in [6.45, 7) is -0.664. The molecule has 1 aliphatic rings. The van der Waals surface area contributed by atoms with Gasteiger partial charge < -0.3 is 9.64 Å². The van der Waals surface area contributed by atoms with Gasteiger partial charge in [0.25, 0.3) is 6.43 Å². The molecule has 1 unspecified atom stereocenters. The topological polar surface area (TPSA) is 29.5 Å². The zero-order valence-electron chi connectivity index (χ0n) is 11.7. The molecule has 22 heavy (non-hydrogen) atoms. The van der Waals surface area contributed by atoms with Crippen molar-refractivity contribution in [1.82, 2.24) is 4.90 Å². The Morgan fingerprint density at radius 1 is 1.55 bits per heavy atom. The minimum absolute atomic E-state index is 0. The fourth-order valence-electron chi connectivity index (χ4n) is 2.02. The predicted molar refractivity (Wildman–Crippen MR) is 84.8 cm³/mol. The molecule has 1 radical (unpaired) electrons.